The lowest BCUT2D eigenvalue weighted by Crippen LogP contribution is -2.43. The minimum atomic E-state index is -3.39. The first-order valence-electron chi connectivity index (χ1n) is 5.51. The van der Waals surface area contributed by atoms with Gasteiger partial charge in [0.1, 0.15) is 5.25 Å². The van der Waals surface area contributed by atoms with Crippen LogP contribution in [0.4, 0.5) is 0 Å². The van der Waals surface area contributed by atoms with E-state index in [1.165, 1.54) is 4.31 Å². The van der Waals surface area contributed by atoms with Crippen molar-refractivity contribution in [1.82, 2.24) is 4.31 Å². The second kappa shape index (κ2) is 6.51. The minimum absolute atomic E-state index is 0.0542. The molecule has 0 spiro atoms. The van der Waals surface area contributed by atoms with E-state index >= 15 is 0 Å². The van der Waals surface area contributed by atoms with Gasteiger partial charge in [0, 0.05) is 13.6 Å². The van der Waals surface area contributed by atoms with Gasteiger partial charge in [0.15, 0.2) is 0 Å². The van der Waals surface area contributed by atoms with E-state index in [9.17, 15) is 8.42 Å². The van der Waals surface area contributed by atoms with E-state index in [-0.39, 0.29) is 4.99 Å². The maximum atomic E-state index is 12.1. The largest absolute Gasteiger partial charge is 0.392 e. The second-order valence-electron chi connectivity index (χ2n) is 4.14. The quantitative estimate of drug-likeness (QED) is 0.707. The molecule has 2 atom stereocenters. The van der Waals surface area contributed by atoms with Crippen molar-refractivity contribution < 1.29 is 8.42 Å². The van der Waals surface area contributed by atoms with Crippen LogP contribution in [0.3, 0.4) is 0 Å². The Kier molecular flexibility index (Phi) is 6.43. The lowest BCUT2D eigenvalue weighted by atomic mass is 10.1. The number of rotatable bonds is 7. The molecule has 0 saturated carbocycles. The molecule has 0 aromatic carbocycles. The van der Waals surface area contributed by atoms with Gasteiger partial charge >= 0.3 is 0 Å². The number of sulfonamides is 1. The summed E-state index contributed by atoms with van der Waals surface area (Å²) >= 11 is 4.80. The molecular formula is C10H22N2O2S2. The summed E-state index contributed by atoms with van der Waals surface area (Å²) in [7, 11) is -1.80. The van der Waals surface area contributed by atoms with Crippen molar-refractivity contribution in [1.29, 1.82) is 0 Å². The molecule has 0 amide bonds. The molecule has 0 heterocycles. The van der Waals surface area contributed by atoms with Crippen LogP contribution in [-0.4, -0.2) is 36.6 Å². The summed E-state index contributed by atoms with van der Waals surface area (Å²) < 4.78 is 25.6. The fourth-order valence-corrected chi connectivity index (χ4v) is 3.59. The molecule has 6 heteroatoms. The Balaban J connectivity index is 4.83. The van der Waals surface area contributed by atoms with Gasteiger partial charge in [0.25, 0.3) is 0 Å². The van der Waals surface area contributed by atoms with Crippen molar-refractivity contribution in [3.63, 3.8) is 0 Å². The first-order chi connectivity index (χ1) is 7.27. The summed E-state index contributed by atoms with van der Waals surface area (Å²) in [4.78, 5) is 0.0542. The van der Waals surface area contributed by atoms with E-state index < -0.39 is 15.3 Å². The molecule has 0 aliphatic heterocycles. The van der Waals surface area contributed by atoms with Crippen LogP contribution < -0.4 is 5.73 Å². The van der Waals surface area contributed by atoms with Gasteiger partial charge in [-0.1, -0.05) is 39.4 Å². The van der Waals surface area contributed by atoms with Crippen molar-refractivity contribution in [2.24, 2.45) is 11.7 Å². The highest BCUT2D eigenvalue weighted by Gasteiger charge is 2.30. The Bertz CT molecular complexity index is 328. The zero-order valence-electron chi connectivity index (χ0n) is 10.4. The molecule has 0 aliphatic rings. The minimum Gasteiger partial charge on any atom is -0.392 e. The molecule has 2 N–H and O–H groups in total. The van der Waals surface area contributed by atoms with Gasteiger partial charge in [-0.15, -0.1) is 0 Å². The molecule has 0 aromatic heterocycles. The summed E-state index contributed by atoms with van der Waals surface area (Å²) in [6, 6.07) is 0. The van der Waals surface area contributed by atoms with Gasteiger partial charge in [-0.05, 0) is 12.3 Å². The van der Waals surface area contributed by atoms with Crippen LogP contribution in [0.25, 0.3) is 0 Å². The molecule has 0 aromatic rings. The third-order valence-electron chi connectivity index (χ3n) is 2.75. The van der Waals surface area contributed by atoms with E-state index in [2.05, 4.69) is 0 Å². The number of nitrogens with two attached hydrogens (primary N) is 1. The van der Waals surface area contributed by atoms with Crippen LogP contribution in [0.1, 0.15) is 33.6 Å². The van der Waals surface area contributed by atoms with Crippen molar-refractivity contribution in [3.8, 4) is 0 Å². The highest BCUT2D eigenvalue weighted by atomic mass is 32.2. The Hall–Kier alpha value is -0.200. The number of nitrogens with zero attached hydrogens (tertiary/aromatic N) is 1. The molecule has 0 rings (SSSR count). The van der Waals surface area contributed by atoms with Crippen LogP contribution in [0, 0.1) is 5.92 Å². The molecule has 2 unspecified atom stereocenters. The van der Waals surface area contributed by atoms with Gasteiger partial charge in [-0.3, -0.25) is 0 Å². The Morgan fingerprint density at radius 1 is 1.38 bits per heavy atom. The predicted octanol–water partition coefficient (Wildman–Crippen LogP) is 1.36. The van der Waals surface area contributed by atoms with E-state index in [4.69, 9.17) is 18.0 Å². The maximum absolute atomic E-state index is 12.1. The van der Waals surface area contributed by atoms with Crippen LogP contribution in [-0.2, 0) is 10.0 Å². The van der Waals surface area contributed by atoms with E-state index in [1.807, 2.05) is 13.8 Å². The van der Waals surface area contributed by atoms with Gasteiger partial charge in [0.05, 0.1) is 4.99 Å². The van der Waals surface area contributed by atoms with Crippen LogP contribution in [0.5, 0.6) is 0 Å². The number of hydrogen-bond acceptors (Lipinski definition) is 3. The summed E-state index contributed by atoms with van der Waals surface area (Å²) in [5, 5.41) is -0.739. The average Bonchev–Trinajstić information content (AvgIpc) is 2.17. The predicted molar refractivity (Wildman–Crippen MR) is 71.9 cm³/mol. The highest BCUT2D eigenvalue weighted by molar-refractivity contribution is 7.92. The first kappa shape index (κ1) is 15.8. The smallest absolute Gasteiger partial charge is 0.223 e. The molecular weight excluding hydrogens is 244 g/mol. The molecule has 0 saturated heterocycles. The highest BCUT2D eigenvalue weighted by Crippen LogP contribution is 2.14. The molecule has 0 aliphatic carbocycles. The first-order valence-corrected chi connectivity index (χ1v) is 7.42. The van der Waals surface area contributed by atoms with Crippen molar-refractivity contribution in [2.45, 2.75) is 38.9 Å². The molecule has 0 fully saturated rings. The Morgan fingerprint density at radius 3 is 2.19 bits per heavy atom. The van der Waals surface area contributed by atoms with Gasteiger partial charge < -0.3 is 5.73 Å². The number of hydrogen-bond donors (Lipinski definition) is 1. The summed E-state index contributed by atoms with van der Waals surface area (Å²) in [6.45, 7) is 6.35. The second-order valence-corrected chi connectivity index (χ2v) is 6.83. The van der Waals surface area contributed by atoms with Crippen molar-refractivity contribution in [3.05, 3.63) is 0 Å². The third-order valence-corrected chi connectivity index (χ3v) is 5.51. The van der Waals surface area contributed by atoms with Crippen LogP contribution in [0.2, 0.25) is 0 Å². The van der Waals surface area contributed by atoms with E-state index in [0.717, 1.165) is 6.42 Å². The summed E-state index contributed by atoms with van der Waals surface area (Å²) in [5.74, 6) is 0.337. The lowest BCUT2D eigenvalue weighted by molar-refractivity contribution is 0.391. The number of thiocarbonyl (C=S) groups is 1. The van der Waals surface area contributed by atoms with Crippen LogP contribution >= 0.6 is 12.2 Å². The average molecular weight is 266 g/mol. The Morgan fingerprint density at radius 2 is 1.88 bits per heavy atom. The molecule has 16 heavy (non-hydrogen) atoms. The fourth-order valence-electron chi connectivity index (χ4n) is 1.45. The SMILES string of the molecule is CCC(C)CN(C)S(=O)(=O)C(CC)C(N)=S. The van der Waals surface area contributed by atoms with Crippen molar-refractivity contribution in [2.75, 3.05) is 13.6 Å². The Labute approximate surface area is 104 Å². The monoisotopic (exact) mass is 266 g/mol. The third kappa shape index (κ3) is 3.99. The standard InChI is InChI=1S/C10H22N2O2S2/c1-5-8(3)7-12(4)16(13,14)9(6-2)10(11)15/h8-9H,5-7H2,1-4H3,(H2,11,15). The van der Waals surface area contributed by atoms with Gasteiger partial charge in [0.2, 0.25) is 10.0 Å². The normalized spacial score (nSPS) is 16.1. The van der Waals surface area contributed by atoms with Gasteiger partial charge in [-0.2, -0.15) is 0 Å². The van der Waals surface area contributed by atoms with Crippen LogP contribution in [0.15, 0.2) is 0 Å². The summed E-state index contributed by atoms with van der Waals surface area (Å²) in [5.41, 5.74) is 5.46. The molecule has 0 bridgehead atoms. The molecule has 96 valence electrons. The van der Waals surface area contributed by atoms with Gasteiger partial charge in [-0.25, -0.2) is 12.7 Å². The van der Waals surface area contributed by atoms with E-state index in [0.29, 0.717) is 18.9 Å². The molecule has 4 nitrogen and oxygen atoms in total. The summed E-state index contributed by atoms with van der Waals surface area (Å²) in [6.07, 6.45) is 1.37. The zero-order valence-corrected chi connectivity index (χ0v) is 12.1. The zero-order chi connectivity index (χ0) is 12.9. The van der Waals surface area contributed by atoms with Crippen molar-refractivity contribution >= 4 is 27.2 Å². The fraction of sp³-hybridized carbons (Fsp3) is 0.900. The maximum Gasteiger partial charge on any atom is 0.223 e. The topological polar surface area (TPSA) is 63.4 Å². The lowest BCUT2D eigenvalue weighted by Gasteiger charge is -2.25. The van der Waals surface area contributed by atoms with E-state index in [1.54, 1.807) is 14.0 Å². The molecule has 0 radical (unpaired) electrons.